The molecule has 4 aromatic rings. The number of aromatic amines is 1. The van der Waals surface area contributed by atoms with Gasteiger partial charge in [-0.25, -0.2) is 31.6 Å². The van der Waals surface area contributed by atoms with Crippen molar-refractivity contribution in [2.24, 2.45) is 0 Å². The molecule has 10 heteroatoms. The van der Waals surface area contributed by atoms with E-state index in [0.717, 1.165) is 18.2 Å². The fourth-order valence-electron chi connectivity index (χ4n) is 3.40. The maximum Gasteiger partial charge on any atom is 0.235 e. The van der Waals surface area contributed by atoms with Crippen molar-refractivity contribution in [1.82, 2.24) is 15.0 Å². The number of sulfonamides is 1. The Morgan fingerprint density at radius 2 is 1.68 bits per heavy atom. The highest BCUT2D eigenvalue weighted by atomic mass is 32.2. The standard InChI is InChI=1S/C21H15F3N4O2S/c22-11-1-5-14(17(23)7-11)19-9-16-20(25-10-26-21(16)27-19)15-6-2-12(8-18(15)24)28-31(29,30)13-3-4-13/h1-2,5-10,13,28H,3-4H2,(H,25,26,27). The van der Waals surface area contributed by atoms with Gasteiger partial charge in [0.05, 0.1) is 22.3 Å². The van der Waals surface area contributed by atoms with Gasteiger partial charge in [0.25, 0.3) is 0 Å². The third-order valence-electron chi connectivity index (χ3n) is 5.09. The van der Waals surface area contributed by atoms with E-state index in [9.17, 15) is 21.6 Å². The van der Waals surface area contributed by atoms with Crippen molar-refractivity contribution in [2.45, 2.75) is 18.1 Å². The average molecular weight is 444 g/mol. The third-order valence-corrected chi connectivity index (χ3v) is 6.96. The molecule has 2 N–H and O–H groups in total. The first-order valence-corrected chi connectivity index (χ1v) is 11.0. The van der Waals surface area contributed by atoms with E-state index in [2.05, 4.69) is 19.7 Å². The minimum absolute atomic E-state index is 0.126. The highest BCUT2D eigenvalue weighted by Gasteiger charge is 2.35. The Balaban J connectivity index is 1.55. The van der Waals surface area contributed by atoms with Crippen LogP contribution in [0.2, 0.25) is 0 Å². The Bertz CT molecular complexity index is 1430. The summed E-state index contributed by atoms with van der Waals surface area (Å²) >= 11 is 0. The highest BCUT2D eigenvalue weighted by Crippen LogP contribution is 2.34. The number of nitrogens with zero attached hydrogens (tertiary/aromatic N) is 2. The number of benzene rings is 2. The molecule has 0 spiro atoms. The Hall–Kier alpha value is -3.40. The summed E-state index contributed by atoms with van der Waals surface area (Å²) < 4.78 is 68.8. The molecule has 6 nitrogen and oxygen atoms in total. The SMILES string of the molecule is O=S(=O)(Nc1ccc(-c2ncnc3[nH]c(-c4ccc(F)cc4F)cc23)c(F)c1)C1CC1. The zero-order chi connectivity index (χ0) is 21.8. The lowest BCUT2D eigenvalue weighted by atomic mass is 10.1. The van der Waals surface area contributed by atoms with Gasteiger partial charge >= 0.3 is 0 Å². The largest absolute Gasteiger partial charge is 0.339 e. The van der Waals surface area contributed by atoms with Gasteiger partial charge in [-0.2, -0.15) is 0 Å². The van der Waals surface area contributed by atoms with Crippen LogP contribution >= 0.6 is 0 Å². The van der Waals surface area contributed by atoms with E-state index < -0.39 is 32.7 Å². The van der Waals surface area contributed by atoms with Gasteiger partial charge < -0.3 is 4.98 Å². The van der Waals surface area contributed by atoms with Crippen LogP contribution in [0.15, 0.2) is 48.8 Å². The van der Waals surface area contributed by atoms with Crippen LogP contribution in [0.4, 0.5) is 18.9 Å². The Kier molecular flexibility index (Phi) is 4.47. The van der Waals surface area contributed by atoms with E-state index in [1.165, 1.54) is 24.5 Å². The molecule has 0 radical (unpaired) electrons. The smallest absolute Gasteiger partial charge is 0.235 e. The van der Waals surface area contributed by atoms with Gasteiger partial charge in [-0.05, 0) is 49.2 Å². The van der Waals surface area contributed by atoms with E-state index in [4.69, 9.17) is 0 Å². The zero-order valence-corrected chi connectivity index (χ0v) is 16.7. The minimum atomic E-state index is -3.51. The van der Waals surface area contributed by atoms with E-state index in [1.54, 1.807) is 6.07 Å². The number of anilines is 1. The zero-order valence-electron chi connectivity index (χ0n) is 15.9. The van der Waals surface area contributed by atoms with E-state index in [-0.39, 0.29) is 22.5 Å². The quantitative estimate of drug-likeness (QED) is 0.471. The van der Waals surface area contributed by atoms with Crippen LogP contribution in [-0.4, -0.2) is 28.6 Å². The number of hydrogen-bond donors (Lipinski definition) is 2. The Morgan fingerprint density at radius 1 is 0.935 bits per heavy atom. The van der Waals surface area contributed by atoms with Crippen molar-refractivity contribution in [3.8, 4) is 22.5 Å². The Labute approximate surface area is 175 Å². The van der Waals surface area contributed by atoms with Crippen molar-refractivity contribution < 1.29 is 21.6 Å². The molecule has 2 aromatic heterocycles. The predicted molar refractivity (Wildman–Crippen MR) is 110 cm³/mol. The highest BCUT2D eigenvalue weighted by molar-refractivity contribution is 7.93. The molecule has 1 aliphatic rings. The second-order valence-corrected chi connectivity index (χ2v) is 9.29. The number of halogens is 3. The number of fused-ring (bicyclic) bond motifs is 1. The van der Waals surface area contributed by atoms with Gasteiger partial charge in [0.2, 0.25) is 10.0 Å². The summed E-state index contributed by atoms with van der Waals surface area (Å²) in [6.07, 6.45) is 2.43. The normalized spacial score (nSPS) is 14.2. The van der Waals surface area contributed by atoms with Crippen molar-refractivity contribution >= 4 is 26.7 Å². The van der Waals surface area contributed by atoms with Crippen LogP contribution in [-0.2, 0) is 10.0 Å². The summed E-state index contributed by atoms with van der Waals surface area (Å²) in [4.78, 5) is 11.2. The number of nitrogens with one attached hydrogen (secondary N) is 2. The maximum absolute atomic E-state index is 14.9. The lowest BCUT2D eigenvalue weighted by molar-refractivity contribution is 0.585. The predicted octanol–water partition coefficient (Wildman–Crippen LogP) is 4.61. The average Bonchev–Trinajstić information content (AvgIpc) is 3.48. The van der Waals surface area contributed by atoms with Crippen LogP contribution in [0, 0.1) is 17.5 Å². The molecule has 0 saturated heterocycles. The molecule has 0 amide bonds. The van der Waals surface area contributed by atoms with E-state index in [0.29, 0.717) is 29.6 Å². The van der Waals surface area contributed by atoms with Crippen LogP contribution in [0.1, 0.15) is 12.8 Å². The molecular formula is C21H15F3N4O2S. The fraction of sp³-hybridized carbons (Fsp3) is 0.143. The summed E-state index contributed by atoms with van der Waals surface area (Å²) in [5.74, 6) is -2.12. The lowest BCUT2D eigenvalue weighted by Crippen LogP contribution is -2.17. The molecule has 1 fully saturated rings. The molecule has 0 unspecified atom stereocenters. The van der Waals surface area contributed by atoms with E-state index >= 15 is 0 Å². The van der Waals surface area contributed by atoms with Crippen molar-refractivity contribution in [1.29, 1.82) is 0 Å². The van der Waals surface area contributed by atoms with Gasteiger partial charge in [-0.3, -0.25) is 4.72 Å². The summed E-state index contributed by atoms with van der Waals surface area (Å²) in [5.41, 5.74) is 1.33. The number of rotatable bonds is 5. The Morgan fingerprint density at radius 3 is 2.39 bits per heavy atom. The summed E-state index contributed by atoms with van der Waals surface area (Å²) in [6.45, 7) is 0. The second-order valence-electron chi connectivity index (χ2n) is 7.33. The van der Waals surface area contributed by atoms with Crippen molar-refractivity contribution in [3.05, 3.63) is 66.2 Å². The van der Waals surface area contributed by atoms with Crippen molar-refractivity contribution in [3.63, 3.8) is 0 Å². The molecule has 0 bridgehead atoms. The van der Waals surface area contributed by atoms with Gasteiger partial charge in [0.15, 0.2) is 0 Å². The topological polar surface area (TPSA) is 87.7 Å². The minimum Gasteiger partial charge on any atom is -0.339 e. The molecule has 1 saturated carbocycles. The fourth-order valence-corrected chi connectivity index (χ4v) is 4.78. The van der Waals surface area contributed by atoms with E-state index in [1.807, 2.05) is 0 Å². The summed E-state index contributed by atoms with van der Waals surface area (Å²) in [6, 6.07) is 8.74. The molecule has 158 valence electrons. The number of H-pyrrole nitrogens is 1. The lowest BCUT2D eigenvalue weighted by Gasteiger charge is -2.09. The van der Waals surface area contributed by atoms with Gasteiger partial charge in [0, 0.05) is 22.6 Å². The summed E-state index contributed by atoms with van der Waals surface area (Å²) in [7, 11) is -3.51. The van der Waals surface area contributed by atoms with Crippen LogP contribution in [0.3, 0.4) is 0 Å². The number of aromatic nitrogens is 3. The second kappa shape index (κ2) is 7.09. The molecule has 2 heterocycles. The van der Waals surface area contributed by atoms with Crippen LogP contribution in [0.25, 0.3) is 33.5 Å². The monoisotopic (exact) mass is 444 g/mol. The molecule has 2 aromatic carbocycles. The van der Waals surface area contributed by atoms with Crippen molar-refractivity contribution in [2.75, 3.05) is 4.72 Å². The molecule has 0 atom stereocenters. The number of hydrogen-bond acceptors (Lipinski definition) is 4. The first-order valence-electron chi connectivity index (χ1n) is 9.42. The molecule has 0 aliphatic heterocycles. The van der Waals surface area contributed by atoms with Crippen LogP contribution in [0.5, 0.6) is 0 Å². The first kappa shape index (κ1) is 19.6. The summed E-state index contributed by atoms with van der Waals surface area (Å²) in [5, 5.41) is 0.00768. The third kappa shape index (κ3) is 3.63. The van der Waals surface area contributed by atoms with Gasteiger partial charge in [-0.1, -0.05) is 0 Å². The molecule has 5 rings (SSSR count). The molecule has 31 heavy (non-hydrogen) atoms. The maximum atomic E-state index is 14.9. The first-order chi connectivity index (χ1) is 14.8. The molecular weight excluding hydrogens is 429 g/mol. The van der Waals surface area contributed by atoms with Gasteiger partial charge in [-0.15, -0.1) is 0 Å². The van der Waals surface area contributed by atoms with Gasteiger partial charge in [0.1, 0.15) is 29.4 Å². The van der Waals surface area contributed by atoms with Crippen LogP contribution < -0.4 is 4.72 Å². The molecule has 1 aliphatic carbocycles.